The average molecular weight is 801 g/mol. The van der Waals surface area contributed by atoms with Crippen LogP contribution in [-0.4, -0.2) is 133 Å². The van der Waals surface area contributed by atoms with Crippen molar-refractivity contribution in [2.75, 3.05) is 87.1 Å². The van der Waals surface area contributed by atoms with Gasteiger partial charge >= 0.3 is 33.9 Å². The van der Waals surface area contributed by atoms with E-state index in [9.17, 15) is 28.8 Å². The third kappa shape index (κ3) is 33.1. The van der Waals surface area contributed by atoms with Crippen molar-refractivity contribution in [3.63, 3.8) is 0 Å². The first-order valence-electron chi connectivity index (χ1n) is 14.7. The summed E-state index contributed by atoms with van der Waals surface area (Å²) in [4.78, 5) is 69.1. The highest BCUT2D eigenvalue weighted by atomic mass is 32.2. The summed E-state index contributed by atoms with van der Waals surface area (Å²) in [7, 11) is 0. The molecule has 1 amide bonds. The van der Waals surface area contributed by atoms with Gasteiger partial charge in [-0.1, -0.05) is 0 Å². The van der Waals surface area contributed by atoms with Crippen LogP contribution in [0.2, 0.25) is 0 Å². The molecule has 48 heavy (non-hydrogen) atoms. The second kappa shape index (κ2) is 35.4. The molecule has 0 atom stereocenters. The van der Waals surface area contributed by atoms with Crippen molar-refractivity contribution in [2.24, 2.45) is 17.2 Å². The molecule has 0 aliphatic heterocycles. The van der Waals surface area contributed by atoms with Crippen LogP contribution in [0.25, 0.3) is 0 Å². The molecule has 0 aliphatic carbocycles. The van der Waals surface area contributed by atoms with Gasteiger partial charge in [0.25, 0.3) is 0 Å². The Kier molecular flexibility index (Phi) is 36.0. The van der Waals surface area contributed by atoms with E-state index in [-0.39, 0.29) is 39.3 Å². The summed E-state index contributed by atoms with van der Waals surface area (Å²) >= 11 is 14.7. The molecule has 0 aromatic heterocycles. The van der Waals surface area contributed by atoms with E-state index in [4.69, 9.17) is 45.6 Å². The van der Waals surface area contributed by atoms with E-state index < -0.39 is 46.1 Å². The minimum Gasteiger partial charge on any atom is -0.462 e. The Hall–Kier alpha value is -1.40. The molecule has 0 saturated heterocycles. The number of nitrogens with two attached hydrogens (primary N) is 3. The summed E-state index contributed by atoms with van der Waals surface area (Å²) in [5, 5.41) is 0.803. The summed E-state index contributed by atoms with van der Waals surface area (Å²) in [6.45, 7) is 0.519. The molecule has 0 aliphatic rings. The lowest BCUT2D eigenvalue weighted by Gasteiger charge is -2.18. The number of thiol groups is 3. The smallest absolute Gasteiger partial charge is 0.407 e. The number of rotatable bonds is 24. The molecule has 7 N–H and O–H groups in total. The fraction of sp³-hybridized carbons (Fsp3) is 0.769. The van der Waals surface area contributed by atoms with Crippen molar-refractivity contribution in [2.45, 2.75) is 37.9 Å². The molecular formula is C26H48N4O12S6. The van der Waals surface area contributed by atoms with Crippen LogP contribution in [0.4, 0.5) is 19.2 Å². The molecule has 0 heterocycles. The fourth-order valence-electron chi connectivity index (χ4n) is 2.55. The van der Waals surface area contributed by atoms with Crippen molar-refractivity contribution in [1.29, 1.82) is 0 Å². The number of esters is 2. The second-order valence-corrected chi connectivity index (χ2v) is 13.2. The maximum absolute atomic E-state index is 11.6. The highest BCUT2D eigenvalue weighted by molar-refractivity contribution is 8.13. The highest BCUT2D eigenvalue weighted by Gasteiger charge is 2.21. The molecule has 0 spiro atoms. The Labute approximate surface area is 310 Å². The normalized spacial score (nSPS) is 10.4. The van der Waals surface area contributed by atoms with Crippen LogP contribution < -0.4 is 22.5 Å². The number of amides is 1. The van der Waals surface area contributed by atoms with Crippen molar-refractivity contribution in [3.05, 3.63) is 0 Å². The molecule has 0 bridgehead atoms. The fourth-order valence-corrected chi connectivity index (χ4v) is 4.34. The van der Waals surface area contributed by atoms with Crippen LogP contribution in [0, 0.1) is 0 Å². The van der Waals surface area contributed by atoms with E-state index in [2.05, 4.69) is 43.2 Å². The van der Waals surface area contributed by atoms with Crippen LogP contribution in [0.5, 0.6) is 0 Å². The van der Waals surface area contributed by atoms with Gasteiger partial charge in [0.2, 0.25) is 0 Å². The first-order chi connectivity index (χ1) is 23.1. The minimum atomic E-state index is -0.896. The lowest BCUT2D eigenvalue weighted by molar-refractivity contribution is -0.152. The Balaban J connectivity index is 0. The zero-order valence-electron chi connectivity index (χ0n) is 26.6. The van der Waals surface area contributed by atoms with Gasteiger partial charge in [-0.3, -0.25) is 9.59 Å². The van der Waals surface area contributed by atoms with Crippen LogP contribution in [-0.2, 0) is 38.0 Å². The Morgan fingerprint density at radius 2 is 0.958 bits per heavy atom. The van der Waals surface area contributed by atoms with Gasteiger partial charge in [0.05, 0.1) is 0 Å². The predicted octanol–water partition coefficient (Wildman–Crippen LogP) is 2.36. The molecular weight excluding hydrogens is 753 g/mol. The third-order valence-corrected chi connectivity index (χ3v) is 7.86. The standard InChI is InChI=1S/C14H25NO6S3.C12H23N3O6S3/c16-12(3-1-6-22)19-9-11(21-14(18)15-5-8-24)10-20-13(17)4-2-7-23;13-1-4-22-10(16)19-7-9(21-12(18)24-6-3-15)8-20-11(17)23-5-2-14/h11,22-24H,1-10H2,(H,15,18);9H,1-8,13-15H2. The maximum Gasteiger partial charge on any atom is 0.407 e. The van der Waals surface area contributed by atoms with Gasteiger partial charge < -0.3 is 50.9 Å². The SMILES string of the molecule is NCCSC(=O)OCC(COC(=O)SCCN)OC(=O)SCCN.O=C(CCCS)OCC(COC(=O)CCCS)OC(=O)NCCS. The highest BCUT2D eigenvalue weighted by Crippen LogP contribution is 2.12. The summed E-state index contributed by atoms with van der Waals surface area (Å²) < 4.78 is 30.2. The Morgan fingerprint density at radius 3 is 1.35 bits per heavy atom. The molecule has 0 unspecified atom stereocenters. The van der Waals surface area contributed by atoms with Crippen LogP contribution in [0.3, 0.4) is 0 Å². The largest absolute Gasteiger partial charge is 0.462 e. The van der Waals surface area contributed by atoms with Gasteiger partial charge in [-0.05, 0) is 59.6 Å². The molecule has 0 rings (SSSR count). The molecule has 16 nitrogen and oxygen atoms in total. The van der Waals surface area contributed by atoms with Gasteiger partial charge in [-0.15, -0.1) is 0 Å². The minimum absolute atomic E-state index is 0.181. The Morgan fingerprint density at radius 1 is 0.562 bits per heavy atom. The number of alkyl carbamates (subject to hydrolysis) is 1. The number of hydrogen-bond acceptors (Lipinski definition) is 21. The summed E-state index contributed by atoms with van der Waals surface area (Å²) in [6, 6.07) is 0. The summed E-state index contributed by atoms with van der Waals surface area (Å²) in [5.41, 5.74) is 15.9. The van der Waals surface area contributed by atoms with Crippen molar-refractivity contribution >= 4 is 107 Å². The van der Waals surface area contributed by atoms with E-state index in [1.165, 1.54) is 0 Å². The molecule has 280 valence electrons. The monoisotopic (exact) mass is 800 g/mol. The molecule has 0 aromatic carbocycles. The molecule has 0 saturated carbocycles. The molecule has 0 aromatic rings. The zero-order chi connectivity index (χ0) is 36.4. The Bertz CT molecular complexity index is 795. The van der Waals surface area contributed by atoms with E-state index in [0.717, 1.165) is 35.3 Å². The topological polar surface area (TPSA) is 248 Å². The number of hydrogen-bond donors (Lipinski definition) is 7. The van der Waals surface area contributed by atoms with Crippen LogP contribution >= 0.6 is 73.2 Å². The molecule has 0 radical (unpaired) electrons. The maximum atomic E-state index is 11.6. The molecule has 0 fully saturated rings. The number of ether oxygens (including phenoxy) is 6. The average Bonchev–Trinajstić information content (AvgIpc) is 3.08. The van der Waals surface area contributed by atoms with E-state index in [1.807, 2.05) is 0 Å². The van der Waals surface area contributed by atoms with Gasteiger partial charge in [-0.2, -0.15) is 37.9 Å². The van der Waals surface area contributed by atoms with Crippen LogP contribution in [0.15, 0.2) is 0 Å². The first-order valence-corrected chi connectivity index (χ1v) is 19.5. The summed E-state index contributed by atoms with van der Waals surface area (Å²) in [5.74, 6) is 1.99. The first kappa shape index (κ1) is 48.7. The lowest BCUT2D eigenvalue weighted by atomic mass is 10.3. The number of nitrogens with one attached hydrogen (secondary N) is 1. The van der Waals surface area contributed by atoms with E-state index >= 15 is 0 Å². The lowest BCUT2D eigenvalue weighted by Crippen LogP contribution is -2.36. The zero-order valence-corrected chi connectivity index (χ0v) is 31.7. The van der Waals surface area contributed by atoms with Crippen molar-refractivity contribution < 1.29 is 57.2 Å². The van der Waals surface area contributed by atoms with Crippen LogP contribution in [0.1, 0.15) is 25.7 Å². The van der Waals surface area contributed by atoms with E-state index in [0.29, 0.717) is 73.5 Å². The van der Waals surface area contributed by atoms with Gasteiger partial charge in [0, 0.05) is 62.0 Å². The third-order valence-electron chi connectivity index (χ3n) is 4.64. The van der Waals surface area contributed by atoms with Gasteiger partial charge in [-0.25, -0.2) is 19.2 Å². The van der Waals surface area contributed by atoms with Crippen molar-refractivity contribution in [3.8, 4) is 0 Å². The predicted molar refractivity (Wildman–Crippen MR) is 198 cm³/mol. The quantitative estimate of drug-likeness (QED) is 0.0421. The van der Waals surface area contributed by atoms with Crippen molar-refractivity contribution in [1.82, 2.24) is 5.32 Å². The number of thioether (sulfide) groups is 3. The number of carbonyl (C=O) groups is 6. The van der Waals surface area contributed by atoms with Gasteiger partial charge in [0.1, 0.15) is 26.4 Å². The summed E-state index contributed by atoms with van der Waals surface area (Å²) in [6.07, 6.45) is -0.819. The van der Waals surface area contributed by atoms with E-state index in [1.54, 1.807) is 0 Å². The van der Waals surface area contributed by atoms with Gasteiger partial charge in [0.15, 0.2) is 12.2 Å². The number of carbonyl (C=O) groups excluding carboxylic acids is 6. The second-order valence-electron chi connectivity index (χ2n) is 8.72. The molecule has 22 heteroatoms.